The molecular weight excluding hydrogens is 333 g/mol. The highest BCUT2D eigenvalue weighted by Crippen LogP contribution is 2.23. The third-order valence-electron chi connectivity index (χ3n) is 3.95. The predicted octanol–water partition coefficient (Wildman–Crippen LogP) is 2.86. The highest BCUT2D eigenvalue weighted by molar-refractivity contribution is 5.94. The number of carbonyl (C=O) groups excluding carboxylic acids is 1. The minimum Gasteiger partial charge on any atom is -0.347 e. The first-order valence-electron chi connectivity index (χ1n) is 8.00. The molecule has 0 aliphatic heterocycles. The summed E-state index contributed by atoms with van der Waals surface area (Å²) in [6, 6.07) is 17.3. The summed E-state index contributed by atoms with van der Waals surface area (Å²) < 4.78 is 14.4. The molecule has 0 unspecified atom stereocenters. The Morgan fingerprint density at radius 1 is 1.08 bits per heavy atom. The summed E-state index contributed by atoms with van der Waals surface area (Å²) >= 11 is 0. The molecule has 6 nitrogen and oxygen atoms in total. The van der Waals surface area contributed by atoms with Crippen LogP contribution in [0.15, 0.2) is 67.0 Å². The number of aromatic nitrogens is 4. The van der Waals surface area contributed by atoms with Crippen molar-refractivity contribution in [1.82, 2.24) is 25.1 Å². The van der Waals surface area contributed by atoms with Crippen molar-refractivity contribution < 1.29 is 9.18 Å². The molecule has 1 N–H and O–H groups in total. The Balaban J connectivity index is 1.63. The number of rotatable bonds is 4. The minimum absolute atomic E-state index is 0.248. The van der Waals surface area contributed by atoms with Crippen molar-refractivity contribution in [1.29, 1.82) is 0 Å². The summed E-state index contributed by atoms with van der Waals surface area (Å²) in [5, 5.41) is 15.0. The van der Waals surface area contributed by atoms with E-state index >= 15 is 0 Å². The number of benzene rings is 2. The quantitative estimate of drug-likeness (QED) is 0.616. The standard InChI is InChI=1S/C19H14FN5O/c20-15-8-6-13(7-9-15)11-21-19(26)17-10-16(14-4-2-1-3-5-14)18-23-22-12-25(18)24-17/h1-10,12H,11H2,(H,21,26). The smallest absolute Gasteiger partial charge is 0.272 e. The van der Waals surface area contributed by atoms with Gasteiger partial charge in [-0.1, -0.05) is 42.5 Å². The molecule has 2 aromatic carbocycles. The molecule has 1 amide bonds. The van der Waals surface area contributed by atoms with Gasteiger partial charge >= 0.3 is 0 Å². The Labute approximate surface area is 148 Å². The van der Waals surface area contributed by atoms with Crippen molar-refractivity contribution in [2.45, 2.75) is 6.54 Å². The number of amides is 1. The number of halogens is 1. The van der Waals surface area contributed by atoms with E-state index in [9.17, 15) is 9.18 Å². The van der Waals surface area contributed by atoms with Crippen molar-refractivity contribution in [3.63, 3.8) is 0 Å². The van der Waals surface area contributed by atoms with Crippen LogP contribution in [0.3, 0.4) is 0 Å². The van der Waals surface area contributed by atoms with Crippen molar-refractivity contribution in [3.8, 4) is 11.1 Å². The van der Waals surface area contributed by atoms with E-state index in [1.165, 1.54) is 23.0 Å². The Bertz CT molecular complexity index is 1060. The maximum absolute atomic E-state index is 13.0. The van der Waals surface area contributed by atoms with Gasteiger partial charge in [0.15, 0.2) is 5.65 Å². The number of hydrogen-bond donors (Lipinski definition) is 1. The number of carbonyl (C=O) groups is 1. The molecule has 128 valence electrons. The largest absolute Gasteiger partial charge is 0.347 e. The third-order valence-corrected chi connectivity index (χ3v) is 3.95. The van der Waals surface area contributed by atoms with Crippen molar-refractivity contribution in [2.75, 3.05) is 0 Å². The van der Waals surface area contributed by atoms with Gasteiger partial charge in [-0.3, -0.25) is 4.79 Å². The molecule has 0 aliphatic carbocycles. The van der Waals surface area contributed by atoms with Crippen LogP contribution < -0.4 is 5.32 Å². The highest BCUT2D eigenvalue weighted by Gasteiger charge is 2.14. The molecule has 0 bridgehead atoms. The molecule has 0 radical (unpaired) electrons. The van der Waals surface area contributed by atoms with Gasteiger partial charge in [-0.05, 0) is 29.3 Å². The monoisotopic (exact) mass is 347 g/mol. The second-order valence-corrected chi connectivity index (χ2v) is 5.72. The Kier molecular flexibility index (Phi) is 4.10. The summed E-state index contributed by atoms with van der Waals surface area (Å²) in [4.78, 5) is 12.5. The van der Waals surface area contributed by atoms with E-state index in [0.29, 0.717) is 5.65 Å². The van der Waals surface area contributed by atoms with Crippen LogP contribution in [0.2, 0.25) is 0 Å². The van der Waals surface area contributed by atoms with Crippen molar-refractivity contribution in [2.24, 2.45) is 0 Å². The molecule has 0 fully saturated rings. The highest BCUT2D eigenvalue weighted by atomic mass is 19.1. The predicted molar refractivity (Wildman–Crippen MR) is 93.8 cm³/mol. The molecule has 0 saturated heterocycles. The van der Waals surface area contributed by atoms with E-state index in [0.717, 1.165) is 16.7 Å². The molecule has 4 aromatic rings. The van der Waals surface area contributed by atoms with E-state index in [1.54, 1.807) is 18.2 Å². The van der Waals surface area contributed by atoms with Gasteiger partial charge in [0, 0.05) is 12.1 Å². The van der Waals surface area contributed by atoms with Gasteiger partial charge in [-0.2, -0.15) is 9.61 Å². The number of hydrogen-bond acceptors (Lipinski definition) is 4. The summed E-state index contributed by atoms with van der Waals surface area (Å²) in [5.74, 6) is -0.644. The zero-order chi connectivity index (χ0) is 17.9. The zero-order valence-corrected chi connectivity index (χ0v) is 13.6. The SMILES string of the molecule is O=C(NCc1ccc(F)cc1)c1cc(-c2ccccc2)c2nncn2n1. The van der Waals surface area contributed by atoms with Gasteiger partial charge < -0.3 is 5.32 Å². The first kappa shape index (κ1) is 15.9. The van der Waals surface area contributed by atoms with Crippen molar-refractivity contribution >= 4 is 11.6 Å². The fourth-order valence-corrected chi connectivity index (χ4v) is 2.64. The molecule has 0 saturated carbocycles. The van der Waals surface area contributed by atoms with E-state index in [2.05, 4.69) is 20.6 Å². The first-order valence-corrected chi connectivity index (χ1v) is 8.00. The van der Waals surface area contributed by atoms with E-state index < -0.39 is 0 Å². The summed E-state index contributed by atoms with van der Waals surface area (Å²) in [5.41, 5.74) is 3.31. The lowest BCUT2D eigenvalue weighted by atomic mass is 10.1. The molecular formula is C19H14FN5O. The molecule has 2 heterocycles. The van der Waals surface area contributed by atoms with Crippen molar-refractivity contribution in [3.05, 3.63) is 84.1 Å². The lowest BCUT2D eigenvalue weighted by molar-refractivity contribution is 0.0944. The second kappa shape index (κ2) is 6.72. The van der Waals surface area contributed by atoms with Gasteiger partial charge in [0.2, 0.25) is 0 Å². The number of nitrogens with zero attached hydrogens (tertiary/aromatic N) is 4. The zero-order valence-electron chi connectivity index (χ0n) is 13.6. The fraction of sp³-hybridized carbons (Fsp3) is 0.0526. The topological polar surface area (TPSA) is 72.2 Å². The number of nitrogens with one attached hydrogen (secondary N) is 1. The average Bonchev–Trinajstić information content (AvgIpc) is 3.16. The Morgan fingerprint density at radius 2 is 1.85 bits per heavy atom. The van der Waals surface area contributed by atoms with Gasteiger partial charge in [-0.25, -0.2) is 4.39 Å². The molecule has 7 heteroatoms. The van der Waals surface area contributed by atoms with Gasteiger partial charge in [0.25, 0.3) is 5.91 Å². The molecule has 0 atom stereocenters. The molecule has 0 spiro atoms. The lowest BCUT2D eigenvalue weighted by Crippen LogP contribution is -2.24. The van der Waals surface area contributed by atoms with Crippen LogP contribution in [-0.4, -0.2) is 25.7 Å². The average molecular weight is 347 g/mol. The van der Waals surface area contributed by atoms with Crippen LogP contribution >= 0.6 is 0 Å². The van der Waals surface area contributed by atoms with Crippen LogP contribution in [0.25, 0.3) is 16.8 Å². The summed E-state index contributed by atoms with van der Waals surface area (Å²) in [6.07, 6.45) is 1.46. The normalized spacial score (nSPS) is 10.8. The van der Waals surface area contributed by atoms with E-state index in [-0.39, 0.29) is 24.0 Å². The van der Waals surface area contributed by atoms with Crippen LogP contribution in [0.4, 0.5) is 4.39 Å². The van der Waals surface area contributed by atoms with E-state index in [4.69, 9.17) is 0 Å². The maximum atomic E-state index is 13.0. The fourth-order valence-electron chi connectivity index (χ4n) is 2.64. The third kappa shape index (κ3) is 3.14. The van der Waals surface area contributed by atoms with Crippen LogP contribution in [0, 0.1) is 5.82 Å². The Hall–Kier alpha value is -3.61. The van der Waals surface area contributed by atoms with Gasteiger partial charge in [0.05, 0.1) is 0 Å². The molecule has 26 heavy (non-hydrogen) atoms. The first-order chi connectivity index (χ1) is 12.7. The minimum atomic E-state index is -0.331. The summed E-state index contributed by atoms with van der Waals surface area (Å²) in [6.45, 7) is 0.279. The van der Waals surface area contributed by atoms with Gasteiger partial charge in [0.1, 0.15) is 17.8 Å². The molecule has 2 aromatic heterocycles. The van der Waals surface area contributed by atoms with Crippen LogP contribution in [0.1, 0.15) is 16.1 Å². The van der Waals surface area contributed by atoms with Crippen LogP contribution in [0.5, 0.6) is 0 Å². The van der Waals surface area contributed by atoms with Gasteiger partial charge in [-0.15, -0.1) is 10.2 Å². The maximum Gasteiger partial charge on any atom is 0.272 e. The molecule has 4 rings (SSSR count). The second-order valence-electron chi connectivity index (χ2n) is 5.72. The number of fused-ring (bicyclic) bond motifs is 1. The van der Waals surface area contributed by atoms with Crippen LogP contribution in [-0.2, 0) is 6.54 Å². The summed E-state index contributed by atoms with van der Waals surface area (Å²) in [7, 11) is 0. The lowest BCUT2D eigenvalue weighted by Gasteiger charge is -2.08. The Morgan fingerprint density at radius 3 is 2.62 bits per heavy atom. The molecule has 0 aliphatic rings. The van der Waals surface area contributed by atoms with E-state index in [1.807, 2.05) is 30.3 Å².